The van der Waals surface area contributed by atoms with Gasteiger partial charge in [0.2, 0.25) is 5.91 Å². The Morgan fingerprint density at radius 3 is 2.86 bits per heavy atom. The molecule has 0 radical (unpaired) electrons. The average Bonchev–Trinajstić information content (AvgIpc) is 2.54. The highest BCUT2D eigenvalue weighted by Crippen LogP contribution is 2.18. The van der Waals surface area contributed by atoms with Crippen molar-refractivity contribution in [3.05, 3.63) is 35.4 Å². The van der Waals surface area contributed by atoms with Gasteiger partial charge in [0, 0.05) is 32.1 Å². The molecular weight excluding hydrogens is 280 g/mol. The lowest BCUT2D eigenvalue weighted by atomic mass is 9.95. The number of aryl methyl sites for hydroxylation is 1. The third-order valence-electron chi connectivity index (χ3n) is 4.32. The van der Waals surface area contributed by atoms with Gasteiger partial charge in [-0.05, 0) is 36.5 Å². The van der Waals surface area contributed by atoms with Crippen molar-refractivity contribution in [3.63, 3.8) is 0 Å². The number of likely N-dealkylation sites (tertiary alicyclic amines) is 1. The van der Waals surface area contributed by atoms with E-state index >= 15 is 0 Å². The molecule has 2 unspecified atom stereocenters. The molecule has 0 spiro atoms. The van der Waals surface area contributed by atoms with E-state index in [4.69, 9.17) is 0 Å². The molecule has 22 heavy (non-hydrogen) atoms. The predicted octanol–water partition coefficient (Wildman–Crippen LogP) is 1.21. The van der Waals surface area contributed by atoms with Crippen LogP contribution < -0.4 is 5.32 Å². The number of benzene rings is 1. The van der Waals surface area contributed by atoms with Crippen LogP contribution in [0.25, 0.3) is 0 Å². The lowest BCUT2D eigenvalue weighted by Gasteiger charge is -2.34. The van der Waals surface area contributed by atoms with Gasteiger partial charge in [-0.1, -0.05) is 19.1 Å². The Balaban J connectivity index is 1.90. The summed E-state index contributed by atoms with van der Waals surface area (Å²) in [6.07, 6.45) is 1.43. The molecule has 2 amide bonds. The number of amides is 2. The van der Waals surface area contributed by atoms with Crippen LogP contribution in [0.5, 0.6) is 0 Å². The molecule has 2 rings (SSSR count). The summed E-state index contributed by atoms with van der Waals surface area (Å²) >= 11 is 0. The number of aliphatic hydroxyl groups excluding tert-OH is 1. The highest BCUT2D eigenvalue weighted by molar-refractivity contribution is 5.94. The van der Waals surface area contributed by atoms with Crippen molar-refractivity contribution in [2.24, 2.45) is 5.92 Å². The maximum absolute atomic E-state index is 12.2. The van der Waals surface area contributed by atoms with Crippen LogP contribution in [-0.2, 0) is 11.2 Å². The summed E-state index contributed by atoms with van der Waals surface area (Å²) < 4.78 is 0. The average molecular weight is 304 g/mol. The first kappa shape index (κ1) is 16.5. The molecule has 0 saturated carbocycles. The summed E-state index contributed by atoms with van der Waals surface area (Å²) in [4.78, 5) is 25.6. The summed E-state index contributed by atoms with van der Waals surface area (Å²) in [5.41, 5.74) is 1.58. The number of hydrogen-bond acceptors (Lipinski definition) is 3. The summed E-state index contributed by atoms with van der Waals surface area (Å²) in [5, 5.41) is 12.5. The number of nitrogens with zero attached hydrogens (tertiary/aromatic N) is 1. The van der Waals surface area contributed by atoms with Crippen LogP contribution in [0, 0.1) is 5.92 Å². The minimum atomic E-state index is -0.422. The molecule has 1 aliphatic heterocycles. The maximum atomic E-state index is 12.2. The normalized spacial score (nSPS) is 21.5. The van der Waals surface area contributed by atoms with Crippen molar-refractivity contribution in [2.45, 2.75) is 32.3 Å². The molecule has 2 N–H and O–H groups in total. The largest absolute Gasteiger partial charge is 0.391 e. The molecular formula is C17H24N2O3. The molecule has 1 heterocycles. The zero-order valence-corrected chi connectivity index (χ0v) is 13.2. The van der Waals surface area contributed by atoms with Gasteiger partial charge in [0.25, 0.3) is 5.91 Å². The molecule has 5 nitrogen and oxygen atoms in total. The molecule has 5 heteroatoms. The predicted molar refractivity (Wildman–Crippen MR) is 84.5 cm³/mol. The third kappa shape index (κ3) is 4.07. The Labute approximate surface area is 131 Å². The van der Waals surface area contributed by atoms with Crippen LogP contribution in [0.1, 0.15) is 35.7 Å². The number of β-amino-alcohol motifs (C(OH)–C–C–N with tert-alkyl or cyclic N) is 1. The number of rotatable bonds is 4. The maximum Gasteiger partial charge on any atom is 0.251 e. The molecule has 1 saturated heterocycles. The molecule has 120 valence electrons. The SMILES string of the molecule is CNC(=O)c1cccc(CCC(=O)N2CCC(C)C(O)C2)c1. The van der Waals surface area contributed by atoms with Gasteiger partial charge in [-0.15, -0.1) is 0 Å². The second-order valence-electron chi connectivity index (χ2n) is 5.95. The summed E-state index contributed by atoms with van der Waals surface area (Å²) in [6, 6.07) is 7.33. The zero-order valence-electron chi connectivity index (χ0n) is 13.2. The van der Waals surface area contributed by atoms with Crippen LogP contribution in [0.15, 0.2) is 24.3 Å². The lowest BCUT2D eigenvalue weighted by Crippen LogP contribution is -2.45. The zero-order chi connectivity index (χ0) is 16.1. The van der Waals surface area contributed by atoms with Gasteiger partial charge in [-0.2, -0.15) is 0 Å². The summed E-state index contributed by atoms with van der Waals surface area (Å²) in [7, 11) is 1.60. The van der Waals surface area contributed by atoms with E-state index in [1.807, 2.05) is 25.1 Å². The number of aliphatic hydroxyl groups is 1. The van der Waals surface area contributed by atoms with Gasteiger partial charge in [0.05, 0.1) is 6.10 Å². The molecule has 1 fully saturated rings. The van der Waals surface area contributed by atoms with E-state index in [1.165, 1.54) is 0 Å². The Kier molecular flexibility index (Phi) is 5.55. The first-order valence-electron chi connectivity index (χ1n) is 7.78. The summed E-state index contributed by atoms with van der Waals surface area (Å²) in [6.45, 7) is 3.16. The van der Waals surface area contributed by atoms with Crippen molar-refractivity contribution >= 4 is 11.8 Å². The Morgan fingerprint density at radius 2 is 2.18 bits per heavy atom. The van der Waals surface area contributed by atoms with Gasteiger partial charge < -0.3 is 15.3 Å². The van der Waals surface area contributed by atoms with Gasteiger partial charge in [-0.3, -0.25) is 9.59 Å². The van der Waals surface area contributed by atoms with Crippen LogP contribution in [-0.4, -0.2) is 48.1 Å². The highest BCUT2D eigenvalue weighted by atomic mass is 16.3. The van der Waals surface area contributed by atoms with Gasteiger partial charge in [0.15, 0.2) is 0 Å². The fourth-order valence-electron chi connectivity index (χ4n) is 2.70. The fraction of sp³-hybridized carbons (Fsp3) is 0.529. The lowest BCUT2D eigenvalue weighted by molar-refractivity contribution is -0.135. The quantitative estimate of drug-likeness (QED) is 0.878. The number of carbonyl (C=O) groups excluding carboxylic acids is 2. The molecule has 0 aromatic heterocycles. The number of piperidine rings is 1. The van der Waals surface area contributed by atoms with Gasteiger partial charge in [0.1, 0.15) is 0 Å². The number of nitrogens with one attached hydrogen (secondary N) is 1. The van der Waals surface area contributed by atoms with Crippen LogP contribution in [0.2, 0.25) is 0 Å². The van der Waals surface area contributed by atoms with E-state index in [-0.39, 0.29) is 17.7 Å². The number of carbonyl (C=O) groups is 2. The van der Waals surface area contributed by atoms with Crippen LogP contribution in [0.4, 0.5) is 0 Å². The topological polar surface area (TPSA) is 69.6 Å². The first-order valence-corrected chi connectivity index (χ1v) is 7.78. The smallest absolute Gasteiger partial charge is 0.251 e. The van der Waals surface area contributed by atoms with Crippen molar-refractivity contribution < 1.29 is 14.7 Å². The van der Waals surface area contributed by atoms with Crippen molar-refractivity contribution in [1.82, 2.24) is 10.2 Å². The molecule has 2 atom stereocenters. The Bertz CT molecular complexity index is 544. The molecule has 0 bridgehead atoms. The van der Waals surface area contributed by atoms with Crippen molar-refractivity contribution in [3.8, 4) is 0 Å². The van der Waals surface area contributed by atoms with Crippen molar-refractivity contribution in [1.29, 1.82) is 0 Å². The molecule has 1 aromatic rings. The fourth-order valence-corrected chi connectivity index (χ4v) is 2.70. The van der Waals surface area contributed by atoms with Crippen molar-refractivity contribution in [2.75, 3.05) is 20.1 Å². The van der Waals surface area contributed by atoms with E-state index in [2.05, 4.69) is 5.32 Å². The van der Waals surface area contributed by atoms with E-state index in [9.17, 15) is 14.7 Å². The van der Waals surface area contributed by atoms with E-state index in [0.29, 0.717) is 24.9 Å². The van der Waals surface area contributed by atoms with E-state index in [1.54, 1.807) is 18.0 Å². The van der Waals surface area contributed by atoms with Crippen LogP contribution >= 0.6 is 0 Å². The van der Waals surface area contributed by atoms with E-state index < -0.39 is 6.10 Å². The monoisotopic (exact) mass is 304 g/mol. The van der Waals surface area contributed by atoms with Crippen LogP contribution in [0.3, 0.4) is 0 Å². The second-order valence-corrected chi connectivity index (χ2v) is 5.95. The second kappa shape index (κ2) is 7.40. The Morgan fingerprint density at radius 1 is 1.41 bits per heavy atom. The summed E-state index contributed by atoms with van der Waals surface area (Å²) in [5.74, 6) is 0.200. The third-order valence-corrected chi connectivity index (χ3v) is 4.32. The molecule has 0 aliphatic carbocycles. The molecule has 1 aromatic carbocycles. The molecule has 1 aliphatic rings. The minimum Gasteiger partial charge on any atom is -0.391 e. The van der Waals surface area contributed by atoms with E-state index in [0.717, 1.165) is 18.5 Å². The minimum absolute atomic E-state index is 0.0660. The highest BCUT2D eigenvalue weighted by Gasteiger charge is 2.26. The van der Waals surface area contributed by atoms with Gasteiger partial charge >= 0.3 is 0 Å². The Hall–Kier alpha value is -1.88. The number of hydrogen-bond donors (Lipinski definition) is 2. The first-order chi connectivity index (χ1) is 10.5. The van der Waals surface area contributed by atoms with Gasteiger partial charge in [-0.25, -0.2) is 0 Å². The standard InChI is InChI=1S/C17H24N2O3/c1-12-8-9-19(11-15(12)20)16(21)7-6-13-4-3-5-14(10-13)17(22)18-2/h3-5,10,12,15,20H,6-9,11H2,1-2H3,(H,18,22).